The fraction of sp³-hybridized carbons (Fsp3) is 0.650. The summed E-state index contributed by atoms with van der Waals surface area (Å²) in [4.78, 5) is 67.6. The molecule has 3 bridgehead atoms. The highest BCUT2D eigenvalue weighted by molar-refractivity contribution is 7.91. The van der Waals surface area contributed by atoms with E-state index in [1.807, 2.05) is 36.4 Å². The van der Waals surface area contributed by atoms with E-state index in [1.54, 1.807) is 0 Å². The molecule has 6 aliphatic rings. The molecule has 3 aliphatic carbocycles. The molecule has 4 amide bonds. The second kappa shape index (κ2) is 15.7. The Labute approximate surface area is 322 Å². The molecule has 15 heteroatoms. The van der Waals surface area contributed by atoms with Gasteiger partial charge in [0, 0.05) is 12.3 Å². The van der Waals surface area contributed by atoms with E-state index in [4.69, 9.17) is 19.4 Å². The number of carbonyl (C=O) groups is 4. The van der Waals surface area contributed by atoms with Gasteiger partial charge in [-0.2, -0.15) is 0 Å². The minimum atomic E-state index is -3.88. The standard InChI is InChI=1S/C40H52N6O8S/c47-35-33-22-27-24-46(33)37(48)32(18-7-3-1-2-6-14-26-23-40(26,44-35)38(49)45-55(51,52)28-20-21-28)43-39(50)54-34-19-11-13-25(34)12-5-4-8-17-31-36(53-27)42-30-16-10-9-15-29(30)41-31/h6,9-10,14-16,25-28,32-34H,1-5,7-8,11-13,17-24H2,(H,43,50)(H,44,47)(H,45,49)/b14-6-. The van der Waals surface area contributed by atoms with Crippen LogP contribution in [0.25, 0.3) is 11.0 Å². The third-order valence-electron chi connectivity index (χ3n) is 12.4. The predicted molar refractivity (Wildman–Crippen MR) is 202 cm³/mol. The molecule has 1 aromatic heterocycles. The lowest BCUT2D eigenvalue weighted by Crippen LogP contribution is -2.58. The molecule has 14 nitrogen and oxygen atoms in total. The third kappa shape index (κ3) is 8.31. The summed E-state index contributed by atoms with van der Waals surface area (Å²) in [7, 11) is -3.88. The van der Waals surface area contributed by atoms with Crippen LogP contribution in [0.15, 0.2) is 36.4 Å². The van der Waals surface area contributed by atoms with Crippen LogP contribution in [-0.2, 0) is 35.6 Å². The smallest absolute Gasteiger partial charge is 0.408 e. The van der Waals surface area contributed by atoms with Crippen molar-refractivity contribution in [2.75, 3.05) is 6.54 Å². The van der Waals surface area contributed by atoms with E-state index in [1.165, 1.54) is 4.90 Å². The summed E-state index contributed by atoms with van der Waals surface area (Å²) in [5, 5.41) is 5.19. The largest absolute Gasteiger partial charge is 0.471 e. The highest BCUT2D eigenvalue weighted by atomic mass is 32.2. The van der Waals surface area contributed by atoms with Crippen LogP contribution in [0.2, 0.25) is 0 Å². The molecular formula is C40H52N6O8S. The Bertz CT molecular complexity index is 1950. The van der Waals surface area contributed by atoms with Crippen LogP contribution in [0.4, 0.5) is 4.79 Å². The number of para-hydroxylation sites is 2. The second-order valence-electron chi connectivity index (χ2n) is 16.4. The first-order valence-corrected chi connectivity index (χ1v) is 21.9. The van der Waals surface area contributed by atoms with E-state index in [2.05, 4.69) is 15.4 Å². The van der Waals surface area contributed by atoms with Gasteiger partial charge in [-0.25, -0.2) is 23.2 Å². The molecule has 1 aromatic carbocycles. The van der Waals surface area contributed by atoms with Crippen molar-refractivity contribution in [3.63, 3.8) is 0 Å². The Hall–Kier alpha value is -4.27. The number of nitrogens with one attached hydrogen (secondary N) is 3. The lowest BCUT2D eigenvalue weighted by Gasteiger charge is -2.30. The third-order valence-corrected chi connectivity index (χ3v) is 14.2. The summed E-state index contributed by atoms with van der Waals surface area (Å²) in [5.41, 5.74) is 0.659. The van der Waals surface area contributed by atoms with Gasteiger partial charge < -0.3 is 25.0 Å². The maximum atomic E-state index is 14.7. The van der Waals surface area contributed by atoms with Gasteiger partial charge >= 0.3 is 6.09 Å². The minimum absolute atomic E-state index is 0.0291. The summed E-state index contributed by atoms with van der Waals surface area (Å²) < 4.78 is 40.6. The normalized spacial score (nSPS) is 32.8. The van der Waals surface area contributed by atoms with Crippen LogP contribution in [-0.4, -0.2) is 88.7 Å². The number of hydrogen-bond donors (Lipinski definition) is 3. The van der Waals surface area contributed by atoms with E-state index in [0.29, 0.717) is 55.6 Å². The summed E-state index contributed by atoms with van der Waals surface area (Å²) in [6, 6.07) is 5.57. The number of hydrogen-bond acceptors (Lipinski definition) is 10. The number of allylic oxidation sites excluding steroid dienone is 1. The number of aryl methyl sites for hydroxylation is 1. The van der Waals surface area contributed by atoms with Crippen LogP contribution < -0.4 is 20.1 Å². The second-order valence-corrected chi connectivity index (χ2v) is 18.4. The molecule has 296 valence electrons. The topological polar surface area (TPSA) is 186 Å². The van der Waals surface area contributed by atoms with Crippen LogP contribution >= 0.6 is 0 Å². The molecule has 1 saturated heterocycles. The fourth-order valence-corrected chi connectivity index (χ4v) is 10.3. The monoisotopic (exact) mass is 776 g/mol. The van der Waals surface area contributed by atoms with Crippen molar-refractivity contribution in [1.82, 2.24) is 30.2 Å². The Balaban J connectivity index is 1.13. The van der Waals surface area contributed by atoms with Crippen LogP contribution in [0, 0.1) is 11.8 Å². The van der Waals surface area contributed by atoms with Crippen molar-refractivity contribution in [2.24, 2.45) is 11.8 Å². The molecule has 3 N–H and O–H groups in total. The number of ether oxygens (including phenoxy) is 2. The Kier molecular flexibility index (Phi) is 10.7. The Morgan fingerprint density at radius 1 is 0.891 bits per heavy atom. The molecule has 4 fully saturated rings. The van der Waals surface area contributed by atoms with Gasteiger partial charge in [0.1, 0.15) is 35.5 Å². The molecule has 8 rings (SSSR count). The van der Waals surface area contributed by atoms with Gasteiger partial charge in [0.05, 0.1) is 22.8 Å². The average molecular weight is 777 g/mol. The van der Waals surface area contributed by atoms with Crippen LogP contribution in [0.3, 0.4) is 0 Å². The van der Waals surface area contributed by atoms with Crippen molar-refractivity contribution in [1.29, 1.82) is 0 Å². The fourth-order valence-electron chi connectivity index (χ4n) is 8.96. The number of alkyl carbamates (subject to hydrolysis) is 1. The molecule has 3 aliphatic heterocycles. The lowest BCUT2D eigenvalue weighted by molar-refractivity contribution is -0.141. The van der Waals surface area contributed by atoms with Crippen LogP contribution in [0.5, 0.6) is 5.88 Å². The van der Waals surface area contributed by atoms with Gasteiger partial charge in [-0.15, -0.1) is 0 Å². The Morgan fingerprint density at radius 3 is 2.47 bits per heavy atom. The van der Waals surface area contributed by atoms with E-state index in [0.717, 1.165) is 63.3 Å². The number of benzene rings is 1. The van der Waals surface area contributed by atoms with Crippen molar-refractivity contribution < 1.29 is 37.1 Å². The highest BCUT2D eigenvalue weighted by Crippen LogP contribution is 2.46. The minimum Gasteiger partial charge on any atom is -0.471 e. The zero-order chi connectivity index (χ0) is 38.2. The maximum absolute atomic E-state index is 14.7. The van der Waals surface area contributed by atoms with Gasteiger partial charge in [0.2, 0.25) is 27.7 Å². The van der Waals surface area contributed by atoms with Gasteiger partial charge in [-0.1, -0.05) is 50.0 Å². The summed E-state index contributed by atoms with van der Waals surface area (Å²) in [6.45, 7) is 0.0291. The van der Waals surface area contributed by atoms with Crippen molar-refractivity contribution >= 4 is 44.9 Å². The molecule has 0 spiro atoms. The summed E-state index contributed by atoms with van der Waals surface area (Å²) >= 11 is 0. The molecule has 2 aromatic rings. The number of rotatable bonds is 3. The maximum Gasteiger partial charge on any atom is 0.408 e. The van der Waals surface area contributed by atoms with Gasteiger partial charge in [-0.05, 0) is 95.1 Å². The van der Waals surface area contributed by atoms with E-state index < -0.39 is 68.7 Å². The first kappa shape index (κ1) is 37.6. The van der Waals surface area contributed by atoms with Crippen molar-refractivity contribution in [2.45, 2.75) is 144 Å². The predicted octanol–water partition coefficient (Wildman–Crippen LogP) is 4.36. The van der Waals surface area contributed by atoms with Gasteiger partial charge in [-0.3, -0.25) is 19.1 Å². The number of sulfonamides is 1. The Morgan fingerprint density at radius 2 is 1.65 bits per heavy atom. The van der Waals surface area contributed by atoms with E-state index in [9.17, 15) is 27.6 Å². The summed E-state index contributed by atoms with van der Waals surface area (Å²) in [6.07, 6.45) is 14.1. The van der Waals surface area contributed by atoms with Gasteiger partial charge in [0.15, 0.2) is 0 Å². The molecule has 0 radical (unpaired) electrons. The quantitative estimate of drug-likeness (QED) is 0.379. The van der Waals surface area contributed by atoms with Crippen molar-refractivity contribution in [3.8, 4) is 5.88 Å². The summed E-state index contributed by atoms with van der Waals surface area (Å²) in [5.74, 6) is -1.58. The highest BCUT2D eigenvalue weighted by Gasteiger charge is 2.62. The molecule has 7 atom stereocenters. The van der Waals surface area contributed by atoms with Gasteiger partial charge in [0.25, 0.3) is 5.91 Å². The van der Waals surface area contributed by atoms with E-state index in [-0.39, 0.29) is 31.4 Å². The number of carbonyl (C=O) groups excluding carboxylic acids is 4. The lowest BCUT2D eigenvalue weighted by atomic mass is 9.97. The molecule has 3 saturated carbocycles. The molecule has 55 heavy (non-hydrogen) atoms. The number of nitrogens with zero attached hydrogens (tertiary/aromatic N) is 3. The first-order valence-electron chi connectivity index (χ1n) is 20.3. The first-order chi connectivity index (χ1) is 26.6. The molecular weight excluding hydrogens is 725 g/mol. The number of amides is 4. The molecule has 4 heterocycles. The van der Waals surface area contributed by atoms with Crippen molar-refractivity contribution in [3.05, 3.63) is 42.1 Å². The van der Waals surface area contributed by atoms with Crippen LogP contribution in [0.1, 0.15) is 108 Å². The zero-order valence-corrected chi connectivity index (χ0v) is 32.1. The number of aromatic nitrogens is 2. The average Bonchev–Trinajstić information content (AvgIpc) is 4.05. The molecule has 7 unspecified atom stereocenters. The SMILES string of the molecule is O=C1NC2CCCCC/C=C\C3CC3(C(=O)NS(=O)(=O)C3CC3)NC(=O)C3CC(CN3C2=O)Oc2nc3ccccc3nc2CCCCCC2CCCC2O1. The number of fused-ring (bicyclic) bond motifs is 6. The zero-order valence-electron chi connectivity index (χ0n) is 31.2. The van der Waals surface area contributed by atoms with E-state index >= 15 is 0 Å².